The Morgan fingerprint density at radius 1 is 1.12 bits per heavy atom. The fourth-order valence-electron chi connectivity index (χ4n) is 1.97. The van der Waals surface area contributed by atoms with Gasteiger partial charge in [-0.2, -0.15) is 0 Å². The zero-order valence-electron chi connectivity index (χ0n) is 14.2. The fraction of sp³-hybridized carbons (Fsp3) is 0.353. The molecule has 1 aromatic heterocycles. The molecule has 2 N–H and O–H groups in total. The number of amides is 1. The fourth-order valence-corrected chi connectivity index (χ4v) is 1.97. The van der Waals surface area contributed by atoms with Crippen LogP contribution in [0, 0.1) is 0 Å². The first-order chi connectivity index (χ1) is 11.6. The third-order valence-electron chi connectivity index (χ3n) is 3.37. The van der Waals surface area contributed by atoms with Crippen LogP contribution in [0.3, 0.4) is 0 Å². The van der Waals surface area contributed by atoms with Crippen LogP contribution in [0.4, 0.5) is 5.82 Å². The number of ether oxygens (including phenoxy) is 1. The van der Waals surface area contributed by atoms with Crippen LogP contribution >= 0.6 is 0 Å². The number of aromatic nitrogens is 2. The molecule has 2 aromatic rings. The van der Waals surface area contributed by atoms with Crippen molar-refractivity contribution in [2.24, 2.45) is 0 Å². The summed E-state index contributed by atoms with van der Waals surface area (Å²) >= 11 is 0. The topological polar surface area (TPSA) is 79.4 Å². The standard InChI is InChI=1S/C17H23N5O2/c1-22(2)11-10-18-17(23)15-8-9-16(21-20-15)19-12-13-4-6-14(24-3)7-5-13/h4-9H,10-12H2,1-3H3,(H,18,23)(H,19,21). The van der Waals surface area contributed by atoms with E-state index < -0.39 is 0 Å². The molecule has 0 bridgehead atoms. The van der Waals surface area contributed by atoms with Crippen molar-refractivity contribution in [3.63, 3.8) is 0 Å². The maximum Gasteiger partial charge on any atom is 0.271 e. The van der Waals surface area contributed by atoms with Crippen LogP contribution in [0.25, 0.3) is 0 Å². The third kappa shape index (κ3) is 5.51. The first-order valence-corrected chi connectivity index (χ1v) is 7.72. The molecular weight excluding hydrogens is 306 g/mol. The Morgan fingerprint density at radius 2 is 1.88 bits per heavy atom. The number of hydrogen-bond acceptors (Lipinski definition) is 6. The largest absolute Gasteiger partial charge is 0.497 e. The summed E-state index contributed by atoms with van der Waals surface area (Å²) in [6, 6.07) is 11.2. The van der Waals surface area contributed by atoms with E-state index in [1.807, 2.05) is 43.3 Å². The summed E-state index contributed by atoms with van der Waals surface area (Å²) in [4.78, 5) is 13.9. The number of nitrogens with zero attached hydrogens (tertiary/aromatic N) is 3. The van der Waals surface area contributed by atoms with Crippen molar-refractivity contribution in [3.05, 3.63) is 47.7 Å². The SMILES string of the molecule is COc1ccc(CNc2ccc(C(=O)NCCN(C)C)nn2)cc1. The van der Waals surface area contributed by atoms with Gasteiger partial charge in [0, 0.05) is 19.6 Å². The normalized spacial score (nSPS) is 10.5. The van der Waals surface area contributed by atoms with Gasteiger partial charge in [-0.05, 0) is 43.9 Å². The minimum atomic E-state index is -0.217. The highest BCUT2D eigenvalue weighted by molar-refractivity contribution is 5.92. The molecule has 0 saturated heterocycles. The lowest BCUT2D eigenvalue weighted by molar-refractivity contribution is 0.0945. The van der Waals surface area contributed by atoms with Crippen LogP contribution in [0.5, 0.6) is 5.75 Å². The maximum absolute atomic E-state index is 11.9. The molecule has 0 spiro atoms. The average Bonchev–Trinajstić information content (AvgIpc) is 2.60. The molecule has 0 aliphatic rings. The molecule has 0 unspecified atom stereocenters. The number of methoxy groups -OCH3 is 1. The molecular formula is C17H23N5O2. The average molecular weight is 329 g/mol. The highest BCUT2D eigenvalue weighted by Crippen LogP contribution is 2.12. The van der Waals surface area contributed by atoms with E-state index in [0.29, 0.717) is 24.6 Å². The van der Waals surface area contributed by atoms with Crippen molar-refractivity contribution >= 4 is 11.7 Å². The van der Waals surface area contributed by atoms with E-state index in [1.165, 1.54) is 0 Å². The van der Waals surface area contributed by atoms with Crippen LogP contribution in [-0.4, -0.2) is 55.3 Å². The molecule has 2 rings (SSSR count). The number of carbonyl (C=O) groups excluding carboxylic acids is 1. The molecule has 1 heterocycles. The molecule has 0 saturated carbocycles. The molecule has 0 atom stereocenters. The van der Waals surface area contributed by atoms with E-state index in [4.69, 9.17) is 4.74 Å². The smallest absolute Gasteiger partial charge is 0.271 e. The lowest BCUT2D eigenvalue weighted by atomic mass is 10.2. The summed E-state index contributed by atoms with van der Waals surface area (Å²) in [5.74, 6) is 1.23. The molecule has 0 aliphatic heterocycles. The third-order valence-corrected chi connectivity index (χ3v) is 3.37. The summed E-state index contributed by atoms with van der Waals surface area (Å²) in [7, 11) is 5.55. The van der Waals surface area contributed by atoms with Crippen molar-refractivity contribution in [1.29, 1.82) is 0 Å². The number of likely N-dealkylation sites (N-methyl/N-ethyl adjacent to an activating group) is 1. The van der Waals surface area contributed by atoms with E-state index in [0.717, 1.165) is 17.9 Å². The van der Waals surface area contributed by atoms with Crippen LogP contribution in [0.1, 0.15) is 16.1 Å². The van der Waals surface area contributed by atoms with Crippen LogP contribution < -0.4 is 15.4 Å². The van der Waals surface area contributed by atoms with Gasteiger partial charge in [-0.15, -0.1) is 10.2 Å². The molecule has 0 fully saturated rings. The highest BCUT2D eigenvalue weighted by atomic mass is 16.5. The van der Waals surface area contributed by atoms with E-state index in [1.54, 1.807) is 19.2 Å². The number of rotatable bonds is 8. The molecule has 0 aliphatic carbocycles. The minimum absolute atomic E-state index is 0.217. The first-order valence-electron chi connectivity index (χ1n) is 7.72. The lowest BCUT2D eigenvalue weighted by Gasteiger charge is -2.10. The van der Waals surface area contributed by atoms with Crippen molar-refractivity contribution < 1.29 is 9.53 Å². The van der Waals surface area contributed by atoms with Gasteiger partial charge >= 0.3 is 0 Å². The van der Waals surface area contributed by atoms with Gasteiger partial charge in [0.1, 0.15) is 11.6 Å². The Labute approximate surface area is 142 Å². The van der Waals surface area contributed by atoms with E-state index in [2.05, 4.69) is 20.8 Å². The van der Waals surface area contributed by atoms with Crippen LogP contribution in [0.15, 0.2) is 36.4 Å². The van der Waals surface area contributed by atoms with Crippen molar-refractivity contribution in [3.8, 4) is 5.75 Å². The molecule has 7 heteroatoms. The van der Waals surface area contributed by atoms with E-state index in [-0.39, 0.29) is 5.91 Å². The van der Waals surface area contributed by atoms with E-state index >= 15 is 0 Å². The molecule has 1 amide bonds. The van der Waals surface area contributed by atoms with E-state index in [9.17, 15) is 4.79 Å². The van der Waals surface area contributed by atoms with Crippen LogP contribution in [-0.2, 0) is 6.54 Å². The van der Waals surface area contributed by atoms with Crippen LogP contribution in [0.2, 0.25) is 0 Å². The van der Waals surface area contributed by atoms with Gasteiger partial charge in [-0.25, -0.2) is 0 Å². The van der Waals surface area contributed by atoms with Crippen molar-refractivity contribution in [2.75, 3.05) is 39.6 Å². The Balaban J connectivity index is 1.83. The van der Waals surface area contributed by atoms with Crippen molar-refractivity contribution in [1.82, 2.24) is 20.4 Å². The summed E-state index contributed by atoms with van der Waals surface area (Å²) in [5.41, 5.74) is 1.41. The Hall–Kier alpha value is -2.67. The minimum Gasteiger partial charge on any atom is -0.497 e. The van der Waals surface area contributed by atoms with Gasteiger partial charge in [0.15, 0.2) is 5.69 Å². The van der Waals surface area contributed by atoms with Gasteiger partial charge in [-0.1, -0.05) is 12.1 Å². The second-order valence-electron chi connectivity index (χ2n) is 5.56. The Bertz CT molecular complexity index is 641. The Kier molecular flexibility index (Phi) is 6.51. The monoisotopic (exact) mass is 329 g/mol. The number of hydrogen-bond donors (Lipinski definition) is 2. The zero-order valence-corrected chi connectivity index (χ0v) is 14.2. The molecule has 1 aromatic carbocycles. The van der Waals surface area contributed by atoms with Crippen molar-refractivity contribution in [2.45, 2.75) is 6.54 Å². The van der Waals surface area contributed by atoms with Gasteiger partial charge < -0.3 is 20.3 Å². The summed E-state index contributed by atoms with van der Waals surface area (Å²) < 4.78 is 5.13. The van der Waals surface area contributed by atoms with Gasteiger partial charge in [0.2, 0.25) is 0 Å². The predicted octanol–water partition coefficient (Wildman–Crippen LogP) is 1.39. The number of anilines is 1. The van der Waals surface area contributed by atoms with Gasteiger partial charge in [0.25, 0.3) is 5.91 Å². The molecule has 24 heavy (non-hydrogen) atoms. The number of benzene rings is 1. The first kappa shape index (κ1) is 17.7. The summed E-state index contributed by atoms with van der Waals surface area (Å²) in [6.07, 6.45) is 0. The molecule has 0 radical (unpaired) electrons. The van der Waals surface area contributed by atoms with Gasteiger partial charge in [-0.3, -0.25) is 4.79 Å². The highest BCUT2D eigenvalue weighted by Gasteiger charge is 2.07. The number of nitrogens with one attached hydrogen (secondary N) is 2. The number of carbonyl (C=O) groups is 1. The molecule has 128 valence electrons. The second-order valence-corrected chi connectivity index (χ2v) is 5.56. The van der Waals surface area contributed by atoms with Gasteiger partial charge in [0.05, 0.1) is 7.11 Å². The summed E-state index contributed by atoms with van der Waals surface area (Å²) in [5, 5.41) is 14.0. The quantitative estimate of drug-likeness (QED) is 0.762. The zero-order chi connectivity index (χ0) is 17.4. The lowest BCUT2D eigenvalue weighted by Crippen LogP contribution is -2.31. The Morgan fingerprint density at radius 3 is 2.46 bits per heavy atom. The maximum atomic E-state index is 11.9. The summed E-state index contributed by atoms with van der Waals surface area (Å²) in [6.45, 7) is 1.97. The second kappa shape index (κ2) is 8.83. The molecule has 7 nitrogen and oxygen atoms in total. The predicted molar refractivity (Wildman–Crippen MR) is 93.2 cm³/mol.